The highest BCUT2D eigenvalue weighted by atomic mass is 16.7. The molecule has 2 saturated heterocycles. The van der Waals surface area contributed by atoms with Crippen molar-refractivity contribution in [2.45, 2.75) is 177 Å². The monoisotopic (exact) mass is 1240 g/mol. The summed E-state index contributed by atoms with van der Waals surface area (Å²) in [6, 6.07) is -5.78. The molecule has 8 amide bonds. The van der Waals surface area contributed by atoms with Crippen molar-refractivity contribution >= 4 is 47.3 Å². The van der Waals surface area contributed by atoms with Gasteiger partial charge in [-0.1, -0.05) is 13.8 Å². The van der Waals surface area contributed by atoms with Crippen LogP contribution in [0, 0.1) is 11.8 Å². The Balaban J connectivity index is 1.57. The van der Waals surface area contributed by atoms with Crippen LogP contribution in [0.1, 0.15) is 79.6 Å². The third-order valence-electron chi connectivity index (χ3n) is 14.1. The number of aliphatic hydroxyl groups excluding tert-OH is 9. The number of amides is 8. The molecule has 0 aromatic rings. The minimum Gasteiger partial charge on any atom is -0.396 e. The minimum absolute atomic E-state index is 0.00322. The quantitative estimate of drug-likeness (QED) is 0.0253. The molecule has 0 aromatic heterocycles. The van der Waals surface area contributed by atoms with Crippen molar-refractivity contribution in [3.05, 3.63) is 0 Å². The Morgan fingerprint density at radius 1 is 0.453 bits per heavy atom. The van der Waals surface area contributed by atoms with Gasteiger partial charge in [-0.05, 0) is 31.6 Å². The molecule has 1 aliphatic carbocycles. The summed E-state index contributed by atoms with van der Waals surface area (Å²) in [6.45, 7) is 5.14. The first kappa shape index (κ1) is 75.3. The molecule has 0 spiro atoms. The molecule has 2 aliphatic heterocycles. The molecule has 2 heterocycles. The molecule has 3 fully saturated rings. The van der Waals surface area contributed by atoms with E-state index in [-0.39, 0.29) is 124 Å². The van der Waals surface area contributed by atoms with E-state index in [0.717, 1.165) is 0 Å². The molecular formula is C53H94N8O25. The highest BCUT2D eigenvalue weighted by Crippen LogP contribution is 2.28. The van der Waals surface area contributed by atoms with E-state index < -0.39 is 171 Å². The van der Waals surface area contributed by atoms with E-state index in [1.807, 2.05) is 13.8 Å². The molecule has 33 heteroatoms. The highest BCUT2D eigenvalue weighted by Gasteiger charge is 2.47. The second-order valence-electron chi connectivity index (χ2n) is 21.4. The van der Waals surface area contributed by atoms with E-state index in [0.29, 0.717) is 6.42 Å². The van der Waals surface area contributed by atoms with Gasteiger partial charge in [-0.3, -0.25) is 38.4 Å². The Kier molecular flexibility index (Phi) is 35.6. The van der Waals surface area contributed by atoms with Crippen LogP contribution in [0.4, 0.5) is 0 Å². The number of hydrogen-bond donors (Lipinski definition) is 17. The van der Waals surface area contributed by atoms with E-state index in [2.05, 4.69) is 42.5 Å². The van der Waals surface area contributed by atoms with Gasteiger partial charge in [0.05, 0.1) is 90.9 Å². The van der Waals surface area contributed by atoms with Crippen LogP contribution in [-0.4, -0.2) is 290 Å². The van der Waals surface area contributed by atoms with Crippen LogP contribution in [0.25, 0.3) is 0 Å². The number of ether oxygens (including phenoxy) is 8. The average molecular weight is 1240 g/mol. The molecule has 0 bridgehead atoms. The first-order valence-electron chi connectivity index (χ1n) is 28.9. The molecule has 0 aromatic carbocycles. The Labute approximate surface area is 498 Å². The zero-order valence-electron chi connectivity index (χ0n) is 49.5. The summed E-state index contributed by atoms with van der Waals surface area (Å²) in [5, 5.41) is 112. The lowest BCUT2D eigenvalue weighted by Crippen LogP contribution is -2.64. The normalized spacial score (nSPS) is 28.1. The van der Waals surface area contributed by atoms with Gasteiger partial charge in [-0.15, -0.1) is 0 Å². The summed E-state index contributed by atoms with van der Waals surface area (Å²) in [6.07, 6.45) is -14.7. The van der Waals surface area contributed by atoms with Gasteiger partial charge in [0, 0.05) is 72.2 Å². The number of nitrogens with one attached hydrogen (secondary N) is 8. The maximum Gasteiger partial charge on any atom is 0.242 e. The average Bonchev–Trinajstić information content (AvgIpc) is 1.49. The van der Waals surface area contributed by atoms with Crippen LogP contribution in [-0.2, 0) is 76.3 Å². The third kappa shape index (κ3) is 26.8. The Morgan fingerprint density at radius 2 is 0.837 bits per heavy atom. The summed E-state index contributed by atoms with van der Waals surface area (Å²) in [7, 11) is 0. The maximum absolute atomic E-state index is 13.6. The standard InChI is InChI=1S/C53H94N8O25/c1-28(2)6-9-39(69)60-34(51(78)56-14-17-81-20-23-84-53-43(59-31(5)67)49(76)46(73)37(27-64)86-53)8-11-40(70)61-33(50(77)55-13-16-80-19-22-83-52-42(58-30(4)66)48(75)45(72)36(26-63)85-52)7-10-38(68)54-12-15-79-18-21-82-35-24-32(25-62)44(71)47(74)41(35)57-29(3)65/h28,32-37,41-49,52-53,62-64,71-76H,6-27H2,1-5H3,(H,54,68)(H,55,77)(H,56,78)(H,57,65)(H,58,66)(H,59,67)(H,60,69)(H,61,70). The summed E-state index contributed by atoms with van der Waals surface area (Å²) in [5.41, 5.74) is 0. The smallest absolute Gasteiger partial charge is 0.242 e. The van der Waals surface area contributed by atoms with Crippen molar-refractivity contribution in [3.63, 3.8) is 0 Å². The second kappa shape index (κ2) is 40.6. The molecule has 17 atom stereocenters. The van der Waals surface area contributed by atoms with E-state index in [4.69, 9.17) is 37.9 Å². The first-order chi connectivity index (χ1) is 40.9. The van der Waals surface area contributed by atoms with Gasteiger partial charge in [-0.2, -0.15) is 0 Å². The lowest BCUT2D eigenvalue weighted by Gasteiger charge is -2.42. The number of hydrogen-bond acceptors (Lipinski definition) is 25. The van der Waals surface area contributed by atoms with Crippen molar-refractivity contribution in [1.82, 2.24) is 42.5 Å². The molecule has 0 radical (unpaired) electrons. The largest absolute Gasteiger partial charge is 0.396 e. The van der Waals surface area contributed by atoms with Gasteiger partial charge in [-0.25, -0.2) is 0 Å². The Hall–Kier alpha value is -4.92. The zero-order valence-corrected chi connectivity index (χ0v) is 49.5. The highest BCUT2D eigenvalue weighted by molar-refractivity contribution is 5.90. The van der Waals surface area contributed by atoms with Gasteiger partial charge in [0.15, 0.2) is 12.6 Å². The molecule has 496 valence electrons. The predicted octanol–water partition coefficient (Wildman–Crippen LogP) is -8.10. The SMILES string of the molecule is CC(=O)NC1C(OCCOCCNC(=O)CCC(NC(=O)CCC(NC(=O)CCC(C)C)C(=O)NCCOCCOC2OC(CO)C(O)C(O)C2NC(C)=O)C(=O)NCCOCCOC2OC(CO)C(O)C(O)C2NC(C)=O)CC(CO)C(O)C1O. The molecule has 17 N–H and O–H groups in total. The lowest BCUT2D eigenvalue weighted by molar-refractivity contribution is -0.272. The van der Waals surface area contributed by atoms with Gasteiger partial charge < -0.3 is 126 Å². The number of carbonyl (C=O) groups is 8. The zero-order chi connectivity index (χ0) is 63.9. The molecule has 17 unspecified atom stereocenters. The molecular weight excluding hydrogens is 1150 g/mol. The summed E-state index contributed by atoms with van der Waals surface area (Å²) in [4.78, 5) is 102. The fraction of sp³-hybridized carbons (Fsp3) is 0.849. The Bertz CT molecular complexity index is 2070. The van der Waals surface area contributed by atoms with Gasteiger partial charge in [0.2, 0.25) is 47.3 Å². The molecule has 86 heavy (non-hydrogen) atoms. The van der Waals surface area contributed by atoms with Crippen molar-refractivity contribution in [1.29, 1.82) is 0 Å². The van der Waals surface area contributed by atoms with Crippen LogP contribution in [0.3, 0.4) is 0 Å². The lowest BCUT2D eigenvalue weighted by atomic mass is 9.79. The topological polar surface area (TPSA) is 489 Å². The Morgan fingerprint density at radius 3 is 1.24 bits per heavy atom. The second-order valence-corrected chi connectivity index (χ2v) is 21.4. The van der Waals surface area contributed by atoms with Crippen LogP contribution in [0.5, 0.6) is 0 Å². The number of aliphatic hydroxyl groups is 9. The van der Waals surface area contributed by atoms with Gasteiger partial charge >= 0.3 is 0 Å². The van der Waals surface area contributed by atoms with Crippen LogP contribution in [0.2, 0.25) is 0 Å². The first-order valence-corrected chi connectivity index (χ1v) is 28.9. The van der Waals surface area contributed by atoms with Crippen LogP contribution < -0.4 is 42.5 Å². The number of rotatable bonds is 40. The van der Waals surface area contributed by atoms with Crippen molar-refractivity contribution < 1.29 is 122 Å². The van der Waals surface area contributed by atoms with Crippen LogP contribution in [0.15, 0.2) is 0 Å². The van der Waals surface area contributed by atoms with Crippen molar-refractivity contribution in [2.75, 3.05) is 98.9 Å². The predicted molar refractivity (Wildman–Crippen MR) is 295 cm³/mol. The van der Waals surface area contributed by atoms with E-state index in [9.17, 15) is 84.3 Å². The fourth-order valence-corrected chi connectivity index (χ4v) is 9.43. The molecule has 3 aliphatic rings. The van der Waals surface area contributed by atoms with E-state index in [1.54, 1.807) is 0 Å². The van der Waals surface area contributed by atoms with E-state index >= 15 is 0 Å². The van der Waals surface area contributed by atoms with Crippen molar-refractivity contribution in [3.8, 4) is 0 Å². The molecule has 1 saturated carbocycles. The van der Waals surface area contributed by atoms with E-state index in [1.165, 1.54) is 20.8 Å². The summed E-state index contributed by atoms with van der Waals surface area (Å²) >= 11 is 0. The van der Waals surface area contributed by atoms with Crippen LogP contribution >= 0.6 is 0 Å². The molecule has 3 rings (SSSR count). The number of carbonyl (C=O) groups excluding carboxylic acids is 8. The fourth-order valence-electron chi connectivity index (χ4n) is 9.43. The molecule has 33 nitrogen and oxygen atoms in total. The summed E-state index contributed by atoms with van der Waals surface area (Å²) in [5.74, 6) is -5.08. The van der Waals surface area contributed by atoms with Crippen molar-refractivity contribution in [2.24, 2.45) is 11.8 Å². The minimum atomic E-state index is -1.53. The summed E-state index contributed by atoms with van der Waals surface area (Å²) < 4.78 is 44.8. The third-order valence-corrected chi connectivity index (χ3v) is 14.1. The van der Waals surface area contributed by atoms with Gasteiger partial charge in [0.25, 0.3) is 0 Å². The maximum atomic E-state index is 13.6. The van der Waals surface area contributed by atoms with Gasteiger partial charge in [0.1, 0.15) is 66.9 Å².